The molecule has 0 unspecified atom stereocenters. The van der Waals surface area contributed by atoms with Crippen LogP contribution in [0.15, 0.2) is 0 Å². The highest BCUT2D eigenvalue weighted by molar-refractivity contribution is 5.39. The van der Waals surface area contributed by atoms with Crippen molar-refractivity contribution in [1.82, 2.24) is 0 Å². The van der Waals surface area contributed by atoms with E-state index < -0.39 is 53.7 Å². The molecule has 1 heterocycles. The molecule has 0 saturated carbocycles. The van der Waals surface area contributed by atoms with Crippen molar-refractivity contribution in [1.29, 1.82) is 0 Å². The predicted octanol–water partition coefficient (Wildman–Crippen LogP) is 5.65. The van der Waals surface area contributed by atoms with Crippen LogP contribution in [0.4, 0.5) is 79.0 Å². The van der Waals surface area contributed by atoms with Crippen LogP contribution in [0.3, 0.4) is 0 Å². The van der Waals surface area contributed by atoms with Gasteiger partial charge in [-0.1, -0.05) is 0 Å². The molecule has 0 spiro atoms. The minimum Gasteiger partial charge on any atom is -0.334 e. The number of hydrogen-bond acceptors (Lipinski definition) is 1. The van der Waals surface area contributed by atoms with Crippen LogP contribution in [-0.2, 0) is 4.74 Å². The summed E-state index contributed by atoms with van der Waals surface area (Å²) in [5.74, 6) is -8.29. The minimum absolute atomic E-state index is 1.90. The molecule has 28 heavy (non-hydrogen) atoms. The number of ether oxygens (including phenoxy) is 1. The molecular formula is C9F18O. The molecular weight excluding hydrogens is 466 g/mol. The van der Waals surface area contributed by atoms with Crippen molar-refractivity contribution in [2.24, 2.45) is 0 Å². The molecule has 0 aromatic carbocycles. The number of hydrogen-bond donors (Lipinski definition) is 0. The molecule has 1 aliphatic rings. The summed E-state index contributed by atoms with van der Waals surface area (Å²) in [6, 6.07) is 0. The molecule has 1 nitrogen and oxygen atoms in total. The van der Waals surface area contributed by atoms with Gasteiger partial charge in [-0.25, -0.2) is 4.39 Å². The van der Waals surface area contributed by atoms with E-state index in [0.29, 0.717) is 0 Å². The molecule has 0 aromatic heterocycles. The first-order chi connectivity index (χ1) is 11.7. The Hall–Kier alpha value is -1.30. The lowest BCUT2D eigenvalue weighted by Gasteiger charge is -2.40. The van der Waals surface area contributed by atoms with E-state index in [0.717, 1.165) is 0 Å². The third-order valence-electron chi connectivity index (χ3n) is 3.62. The van der Waals surface area contributed by atoms with Crippen LogP contribution in [0.25, 0.3) is 0 Å². The van der Waals surface area contributed by atoms with Crippen molar-refractivity contribution in [3.05, 3.63) is 0 Å². The lowest BCUT2D eigenvalue weighted by molar-refractivity contribution is -0.409. The minimum atomic E-state index is -8.46. The standard InChI is InChI=1S/C9F18O/c10-1(5(13,14)15,6(16,17)18)2(4(11,12)9(25,26)27)3(28-2,7(19,20)21)8(22,23)24/t2-/m0/s1. The fraction of sp³-hybridized carbons (Fsp3) is 1.00. The molecule has 19 heteroatoms. The van der Waals surface area contributed by atoms with Crippen molar-refractivity contribution >= 4 is 0 Å². The first-order valence-corrected chi connectivity index (χ1v) is 5.81. The van der Waals surface area contributed by atoms with Gasteiger partial charge in [0.1, 0.15) is 0 Å². The summed E-state index contributed by atoms with van der Waals surface area (Å²) in [6.45, 7) is 0. The van der Waals surface area contributed by atoms with Crippen molar-refractivity contribution in [2.75, 3.05) is 0 Å². The van der Waals surface area contributed by atoms with Crippen LogP contribution in [0.2, 0.25) is 0 Å². The van der Waals surface area contributed by atoms with Gasteiger partial charge in [0.05, 0.1) is 0 Å². The lowest BCUT2D eigenvalue weighted by atomic mass is 9.72. The van der Waals surface area contributed by atoms with Gasteiger partial charge in [0.2, 0.25) is 5.60 Å². The summed E-state index contributed by atoms with van der Waals surface area (Å²) < 4.78 is 231. The van der Waals surface area contributed by atoms with E-state index in [2.05, 4.69) is 0 Å². The van der Waals surface area contributed by atoms with Crippen LogP contribution in [0.5, 0.6) is 0 Å². The van der Waals surface area contributed by atoms with Crippen LogP contribution in [0, 0.1) is 0 Å². The van der Waals surface area contributed by atoms with Crippen LogP contribution in [-0.4, -0.2) is 53.7 Å². The highest BCUT2D eigenvalue weighted by Gasteiger charge is 3.13. The molecule has 0 bridgehead atoms. The van der Waals surface area contributed by atoms with Gasteiger partial charge >= 0.3 is 42.5 Å². The molecule has 0 amide bonds. The van der Waals surface area contributed by atoms with Crippen LogP contribution >= 0.6 is 0 Å². The van der Waals surface area contributed by atoms with E-state index in [4.69, 9.17) is 0 Å². The smallest absolute Gasteiger partial charge is 0.334 e. The zero-order chi connectivity index (χ0) is 23.2. The Morgan fingerprint density at radius 1 is 0.393 bits per heavy atom. The Labute approximate surface area is 139 Å². The molecule has 0 N–H and O–H groups in total. The summed E-state index contributed by atoms with van der Waals surface area (Å²) >= 11 is 0. The zero-order valence-corrected chi connectivity index (χ0v) is 11.7. The second-order valence-electron chi connectivity index (χ2n) is 5.19. The van der Waals surface area contributed by atoms with E-state index in [1.165, 1.54) is 0 Å². The summed E-state index contributed by atoms with van der Waals surface area (Å²) in [5.41, 5.74) is -23.9. The highest BCUT2D eigenvalue weighted by atomic mass is 19.4. The average molecular weight is 466 g/mol. The van der Waals surface area contributed by atoms with Gasteiger partial charge in [0.15, 0.2) is 0 Å². The van der Waals surface area contributed by atoms with Gasteiger partial charge in [-0.2, -0.15) is 74.6 Å². The Kier molecular flexibility index (Phi) is 4.80. The Balaban J connectivity index is 4.24. The average Bonchev–Trinajstić information content (AvgIpc) is 3.05. The van der Waals surface area contributed by atoms with Crippen molar-refractivity contribution in [3.63, 3.8) is 0 Å². The van der Waals surface area contributed by atoms with Gasteiger partial charge < -0.3 is 4.74 Å². The molecule has 0 aliphatic carbocycles. The van der Waals surface area contributed by atoms with Crippen molar-refractivity contribution in [3.8, 4) is 0 Å². The lowest BCUT2D eigenvalue weighted by Crippen LogP contribution is -2.76. The fourth-order valence-corrected chi connectivity index (χ4v) is 2.45. The summed E-state index contributed by atoms with van der Waals surface area (Å²) in [5, 5.41) is 0. The van der Waals surface area contributed by atoms with Crippen LogP contribution < -0.4 is 0 Å². The Morgan fingerprint density at radius 2 is 0.679 bits per heavy atom. The molecule has 1 aliphatic heterocycles. The van der Waals surface area contributed by atoms with Gasteiger partial charge in [-0.3, -0.25) is 0 Å². The maximum absolute atomic E-state index is 13.9. The molecule has 0 aromatic rings. The van der Waals surface area contributed by atoms with E-state index in [1.807, 2.05) is 4.74 Å². The predicted molar refractivity (Wildman–Crippen MR) is 45.6 cm³/mol. The maximum Gasteiger partial charge on any atom is 0.456 e. The van der Waals surface area contributed by atoms with Gasteiger partial charge in [0.25, 0.3) is 5.60 Å². The monoisotopic (exact) mass is 466 g/mol. The van der Waals surface area contributed by atoms with Crippen molar-refractivity contribution < 1.29 is 83.8 Å². The molecule has 1 saturated heterocycles. The molecule has 1 atom stereocenters. The van der Waals surface area contributed by atoms with E-state index >= 15 is 0 Å². The number of epoxide rings is 1. The van der Waals surface area contributed by atoms with E-state index in [-0.39, 0.29) is 0 Å². The van der Waals surface area contributed by atoms with E-state index in [1.54, 1.807) is 0 Å². The Morgan fingerprint density at radius 3 is 0.821 bits per heavy atom. The van der Waals surface area contributed by atoms with E-state index in [9.17, 15) is 79.0 Å². The summed E-state index contributed by atoms with van der Waals surface area (Å²) in [6.07, 6.45) is -40.0. The molecule has 1 fully saturated rings. The maximum atomic E-state index is 13.9. The van der Waals surface area contributed by atoms with Crippen LogP contribution in [0.1, 0.15) is 0 Å². The van der Waals surface area contributed by atoms with Gasteiger partial charge in [-0.15, -0.1) is 0 Å². The second-order valence-corrected chi connectivity index (χ2v) is 5.19. The van der Waals surface area contributed by atoms with Gasteiger partial charge in [0, 0.05) is 0 Å². The first-order valence-electron chi connectivity index (χ1n) is 5.81. The third-order valence-corrected chi connectivity index (χ3v) is 3.62. The topological polar surface area (TPSA) is 12.5 Å². The summed E-state index contributed by atoms with van der Waals surface area (Å²) in [4.78, 5) is 0. The molecule has 168 valence electrons. The van der Waals surface area contributed by atoms with Gasteiger partial charge in [-0.05, 0) is 0 Å². The molecule has 0 radical (unpaired) electrons. The van der Waals surface area contributed by atoms with Crippen molar-refractivity contribution in [2.45, 2.75) is 53.7 Å². The SMILES string of the molecule is FC(F)(F)C(F)(F)[C@@]1(C(F)(C(F)(F)F)C(F)(F)F)OC1(C(F)(F)F)C(F)(F)F. The fourth-order valence-electron chi connectivity index (χ4n) is 2.45. The third kappa shape index (κ3) is 2.49. The number of alkyl halides is 18. The highest BCUT2D eigenvalue weighted by Crippen LogP contribution is 2.79. The quantitative estimate of drug-likeness (QED) is 0.379. The number of rotatable bonds is 2. The molecule has 1 rings (SSSR count). The normalized spacial score (nSPS) is 25.1. The number of halogens is 18. The first kappa shape index (κ1) is 24.7. The second kappa shape index (κ2) is 5.44. The summed E-state index contributed by atoms with van der Waals surface area (Å²) in [7, 11) is 0. The zero-order valence-electron chi connectivity index (χ0n) is 11.7. The largest absolute Gasteiger partial charge is 0.456 e. The Bertz CT molecular complexity index is 583.